The summed E-state index contributed by atoms with van der Waals surface area (Å²) in [6.45, 7) is 12.6. The van der Waals surface area contributed by atoms with Crippen molar-refractivity contribution in [2.75, 3.05) is 31.1 Å². The van der Waals surface area contributed by atoms with Gasteiger partial charge in [-0.3, -0.25) is 9.58 Å². The Labute approximate surface area is 142 Å². The van der Waals surface area contributed by atoms with E-state index in [1.165, 1.54) is 23.5 Å². The van der Waals surface area contributed by atoms with Crippen LogP contribution in [0.5, 0.6) is 0 Å². The molecule has 0 aliphatic carbocycles. The van der Waals surface area contributed by atoms with Crippen molar-refractivity contribution in [1.29, 1.82) is 0 Å². The Kier molecular flexibility index (Phi) is 5.27. The van der Waals surface area contributed by atoms with Crippen molar-refractivity contribution in [2.24, 2.45) is 0 Å². The monoisotopic (exact) mass is 334 g/mol. The Morgan fingerprint density at radius 3 is 2.74 bits per heavy atom. The lowest BCUT2D eigenvalue weighted by Gasteiger charge is -2.20. The second kappa shape index (κ2) is 7.40. The molecule has 1 aliphatic rings. The molecule has 1 fully saturated rings. The Balaban J connectivity index is 1.60. The number of aryl methyl sites for hydroxylation is 3. The third-order valence-corrected chi connectivity index (χ3v) is 5.21. The van der Waals surface area contributed by atoms with Crippen molar-refractivity contribution in [3.05, 3.63) is 23.3 Å². The van der Waals surface area contributed by atoms with Gasteiger partial charge in [-0.1, -0.05) is 6.92 Å². The van der Waals surface area contributed by atoms with Gasteiger partial charge in [0.25, 0.3) is 0 Å². The molecule has 0 bridgehead atoms. The molecule has 7 heteroatoms. The molecule has 3 rings (SSSR count). The number of hydrogen-bond donors (Lipinski definition) is 0. The fourth-order valence-electron chi connectivity index (χ4n) is 2.95. The van der Waals surface area contributed by atoms with Gasteiger partial charge in [-0.2, -0.15) is 9.47 Å². The van der Waals surface area contributed by atoms with Crippen LogP contribution < -0.4 is 4.90 Å². The molecule has 0 N–H and O–H groups in total. The summed E-state index contributed by atoms with van der Waals surface area (Å²) in [6, 6.07) is 0. The lowest BCUT2D eigenvalue weighted by atomic mass is 10.2. The van der Waals surface area contributed by atoms with E-state index < -0.39 is 0 Å². The van der Waals surface area contributed by atoms with Crippen LogP contribution in [0.3, 0.4) is 0 Å². The van der Waals surface area contributed by atoms with Gasteiger partial charge in [-0.25, -0.2) is 4.98 Å². The van der Waals surface area contributed by atoms with E-state index in [2.05, 4.69) is 51.2 Å². The SMILES string of the molecule is CCc1nsc(N2CCCN(Cc3cn(CC)nc3C)CC2)n1. The maximum atomic E-state index is 4.63. The average Bonchev–Trinajstić information content (AvgIpc) is 3.10. The molecule has 3 heterocycles. The zero-order valence-corrected chi connectivity index (χ0v) is 15.1. The van der Waals surface area contributed by atoms with Gasteiger partial charge in [0.15, 0.2) is 0 Å². The highest BCUT2D eigenvalue weighted by atomic mass is 32.1. The van der Waals surface area contributed by atoms with Crippen molar-refractivity contribution in [1.82, 2.24) is 24.0 Å². The molecule has 126 valence electrons. The van der Waals surface area contributed by atoms with Crippen molar-refractivity contribution in [2.45, 2.75) is 46.7 Å². The van der Waals surface area contributed by atoms with Gasteiger partial charge >= 0.3 is 0 Å². The third kappa shape index (κ3) is 3.90. The third-order valence-electron chi connectivity index (χ3n) is 4.40. The fraction of sp³-hybridized carbons (Fsp3) is 0.688. The lowest BCUT2D eigenvalue weighted by molar-refractivity contribution is 0.285. The summed E-state index contributed by atoms with van der Waals surface area (Å²) in [7, 11) is 0. The van der Waals surface area contributed by atoms with E-state index in [9.17, 15) is 0 Å². The van der Waals surface area contributed by atoms with Crippen LogP contribution in [-0.4, -0.2) is 50.2 Å². The fourth-order valence-corrected chi connectivity index (χ4v) is 3.76. The minimum absolute atomic E-state index is 0.914. The molecule has 0 atom stereocenters. The predicted octanol–water partition coefficient (Wildman–Crippen LogP) is 2.34. The number of aromatic nitrogens is 4. The normalized spacial score (nSPS) is 16.7. The van der Waals surface area contributed by atoms with Gasteiger partial charge in [-0.05, 0) is 20.3 Å². The quantitative estimate of drug-likeness (QED) is 0.840. The first kappa shape index (κ1) is 16.4. The van der Waals surface area contributed by atoms with Crippen molar-refractivity contribution >= 4 is 16.7 Å². The van der Waals surface area contributed by atoms with Gasteiger partial charge in [0.1, 0.15) is 5.82 Å². The van der Waals surface area contributed by atoms with Crippen LogP contribution in [0.4, 0.5) is 5.13 Å². The van der Waals surface area contributed by atoms with Gasteiger partial charge in [0.05, 0.1) is 5.69 Å². The van der Waals surface area contributed by atoms with Gasteiger partial charge in [-0.15, -0.1) is 0 Å². The Hall–Kier alpha value is -1.47. The van der Waals surface area contributed by atoms with Gasteiger partial charge in [0.2, 0.25) is 5.13 Å². The van der Waals surface area contributed by atoms with E-state index in [4.69, 9.17) is 0 Å². The molecule has 1 aliphatic heterocycles. The maximum Gasteiger partial charge on any atom is 0.205 e. The number of anilines is 1. The van der Waals surface area contributed by atoms with Crippen LogP contribution in [0, 0.1) is 6.92 Å². The molecule has 0 radical (unpaired) electrons. The molecule has 0 aromatic carbocycles. The summed E-state index contributed by atoms with van der Waals surface area (Å²) < 4.78 is 6.45. The highest BCUT2D eigenvalue weighted by molar-refractivity contribution is 7.09. The summed E-state index contributed by atoms with van der Waals surface area (Å²) in [5, 5.41) is 5.64. The lowest BCUT2D eigenvalue weighted by Crippen LogP contribution is -2.30. The van der Waals surface area contributed by atoms with Crippen LogP contribution in [0.25, 0.3) is 0 Å². The standard InChI is InChI=1S/C16H26N6S/c1-4-15-17-16(23-19-15)21-8-6-7-20(9-10-21)11-14-12-22(5-2)18-13(14)3/h12H,4-11H2,1-3H3. The maximum absolute atomic E-state index is 4.63. The van der Waals surface area contributed by atoms with E-state index in [1.54, 1.807) is 0 Å². The molecule has 0 spiro atoms. The van der Waals surface area contributed by atoms with E-state index >= 15 is 0 Å². The number of rotatable bonds is 5. The Bertz CT molecular complexity index is 634. The minimum atomic E-state index is 0.914. The summed E-state index contributed by atoms with van der Waals surface area (Å²) in [4.78, 5) is 9.55. The van der Waals surface area contributed by atoms with E-state index in [1.807, 2.05) is 4.68 Å². The first-order chi connectivity index (χ1) is 11.2. The van der Waals surface area contributed by atoms with Crippen molar-refractivity contribution in [3.8, 4) is 0 Å². The number of nitrogens with zero attached hydrogens (tertiary/aromatic N) is 6. The highest BCUT2D eigenvalue weighted by Gasteiger charge is 2.19. The van der Waals surface area contributed by atoms with E-state index in [0.29, 0.717) is 0 Å². The summed E-state index contributed by atoms with van der Waals surface area (Å²) in [5.41, 5.74) is 2.51. The number of hydrogen-bond acceptors (Lipinski definition) is 6. The Morgan fingerprint density at radius 1 is 1.17 bits per heavy atom. The van der Waals surface area contributed by atoms with Crippen LogP contribution in [0.2, 0.25) is 0 Å². The molecule has 0 unspecified atom stereocenters. The van der Waals surface area contributed by atoms with Crippen molar-refractivity contribution in [3.63, 3.8) is 0 Å². The van der Waals surface area contributed by atoms with Gasteiger partial charge < -0.3 is 4.90 Å². The second-order valence-electron chi connectivity index (χ2n) is 6.06. The van der Waals surface area contributed by atoms with Crippen LogP contribution in [0.1, 0.15) is 37.4 Å². The molecule has 6 nitrogen and oxygen atoms in total. The molecule has 0 saturated carbocycles. The topological polar surface area (TPSA) is 50.1 Å². The average molecular weight is 334 g/mol. The Morgan fingerprint density at radius 2 is 2.04 bits per heavy atom. The second-order valence-corrected chi connectivity index (χ2v) is 6.79. The van der Waals surface area contributed by atoms with Crippen LogP contribution in [0.15, 0.2) is 6.20 Å². The zero-order valence-electron chi connectivity index (χ0n) is 14.3. The summed E-state index contributed by atoms with van der Waals surface area (Å²) in [6.07, 6.45) is 4.27. The predicted molar refractivity (Wildman–Crippen MR) is 94.0 cm³/mol. The first-order valence-corrected chi connectivity index (χ1v) is 9.29. The minimum Gasteiger partial charge on any atom is -0.346 e. The van der Waals surface area contributed by atoms with Crippen LogP contribution >= 0.6 is 11.5 Å². The molecule has 2 aromatic rings. The van der Waals surface area contributed by atoms with Crippen LogP contribution in [-0.2, 0) is 19.5 Å². The molecule has 2 aromatic heterocycles. The first-order valence-electron chi connectivity index (χ1n) is 8.52. The van der Waals surface area contributed by atoms with E-state index in [-0.39, 0.29) is 0 Å². The zero-order chi connectivity index (χ0) is 16.2. The summed E-state index contributed by atoms with van der Waals surface area (Å²) >= 11 is 1.54. The molecular formula is C16H26N6S. The van der Waals surface area contributed by atoms with E-state index in [0.717, 1.165) is 62.3 Å². The largest absolute Gasteiger partial charge is 0.346 e. The molecule has 1 saturated heterocycles. The van der Waals surface area contributed by atoms with Gasteiger partial charge in [0, 0.05) is 69.0 Å². The molecular weight excluding hydrogens is 308 g/mol. The van der Waals surface area contributed by atoms with Crippen molar-refractivity contribution < 1.29 is 0 Å². The molecule has 23 heavy (non-hydrogen) atoms. The summed E-state index contributed by atoms with van der Waals surface area (Å²) in [5.74, 6) is 0.966. The molecule has 0 amide bonds. The smallest absolute Gasteiger partial charge is 0.205 e. The highest BCUT2D eigenvalue weighted by Crippen LogP contribution is 2.20.